The third-order valence-electron chi connectivity index (χ3n) is 4.17. The van der Waals surface area contributed by atoms with E-state index in [0.29, 0.717) is 11.6 Å². The van der Waals surface area contributed by atoms with E-state index in [1.54, 1.807) is 26.6 Å². The van der Waals surface area contributed by atoms with E-state index in [4.69, 9.17) is 14.5 Å². The maximum absolute atomic E-state index is 5.25. The first-order chi connectivity index (χ1) is 12.8. The van der Waals surface area contributed by atoms with Gasteiger partial charge in [0.05, 0.1) is 25.6 Å². The lowest BCUT2D eigenvalue weighted by atomic mass is 10.0. The number of hydrogen-bond acceptors (Lipinski definition) is 4. The molecule has 6 nitrogen and oxygen atoms in total. The highest BCUT2D eigenvalue weighted by molar-refractivity contribution is 5.80. The summed E-state index contributed by atoms with van der Waals surface area (Å²) in [5.41, 5.74) is 3.78. The van der Waals surface area contributed by atoms with Crippen LogP contribution in [0.25, 0.3) is 34.2 Å². The Labute approximate surface area is 150 Å². The van der Waals surface area contributed by atoms with Crippen LogP contribution in [0, 0.1) is 0 Å². The maximum atomic E-state index is 5.25. The number of aromatic nitrogens is 4. The van der Waals surface area contributed by atoms with Crippen molar-refractivity contribution >= 4 is 0 Å². The Balaban J connectivity index is 1.84. The number of nitrogens with one attached hydrogen (secondary N) is 2. The summed E-state index contributed by atoms with van der Waals surface area (Å²) in [5, 5.41) is 0. The van der Waals surface area contributed by atoms with Gasteiger partial charge in [-0.25, -0.2) is 9.97 Å². The number of ether oxygens (including phenoxy) is 2. The molecule has 0 unspecified atom stereocenters. The molecule has 2 N–H and O–H groups in total. The number of imidazole rings is 2. The summed E-state index contributed by atoms with van der Waals surface area (Å²) in [6, 6.07) is 15.7. The molecule has 0 saturated heterocycles. The van der Waals surface area contributed by atoms with Gasteiger partial charge in [-0.15, -0.1) is 0 Å². The van der Waals surface area contributed by atoms with E-state index in [9.17, 15) is 0 Å². The zero-order valence-corrected chi connectivity index (χ0v) is 14.5. The zero-order valence-electron chi connectivity index (χ0n) is 14.5. The highest BCUT2D eigenvalue weighted by Crippen LogP contribution is 2.33. The average Bonchev–Trinajstić information content (AvgIpc) is 3.38. The van der Waals surface area contributed by atoms with Crippen LogP contribution < -0.4 is 9.47 Å². The van der Waals surface area contributed by atoms with Crippen molar-refractivity contribution in [3.63, 3.8) is 0 Å². The lowest BCUT2D eigenvalue weighted by Gasteiger charge is -2.06. The van der Waals surface area contributed by atoms with E-state index < -0.39 is 0 Å². The van der Waals surface area contributed by atoms with Gasteiger partial charge in [0.25, 0.3) is 0 Å². The molecular weight excluding hydrogens is 328 g/mol. The van der Waals surface area contributed by atoms with Crippen LogP contribution in [0.5, 0.6) is 11.5 Å². The SMILES string of the molecule is COc1ccc(-c2nc(-c3ncc[nH]3)[nH]c2-c2ccc(OC)cc2)cc1. The van der Waals surface area contributed by atoms with E-state index in [1.807, 2.05) is 48.5 Å². The number of aromatic amines is 2. The molecule has 0 spiro atoms. The molecule has 0 amide bonds. The number of benzene rings is 2. The predicted octanol–water partition coefficient (Wildman–Crippen LogP) is 4.15. The molecule has 0 bridgehead atoms. The van der Waals surface area contributed by atoms with E-state index in [1.165, 1.54) is 0 Å². The van der Waals surface area contributed by atoms with Gasteiger partial charge in [-0.05, 0) is 48.5 Å². The first-order valence-electron chi connectivity index (χ1n) is 8.17. The van der Waals surface area contributed by atoms with Crippen molar-refractivity contribution in [2.75, 3.05) is 14.2 Å². The lowest BCUT2D eigenvalue weighted by Crippen LogP contribution is -1.87. The molecule has 2 heterocycles. The Hall–Kier alpha value is -3.54. The van der Waals surface area contributed by atoms with Gasteiger partial charge in [0.1, 0.15) is 11.5 Å². The minimum atomic E-state index is 0.687. The molecule has 26 heavy (non-hydrogen) atoms. The van der Waals surface area contributed by atoms with Crippen LogP contribution in [0.3, 0.4) is 0 Å². The van der Waals surface area contributed by atoms with Gasteiger partial charge < -0.3 is 19.4 Å². The molecule has 0 aliphatic rings. The molecule has 130 valence electrons. The monoisotopic (exact) mass is 346 g/mol. The second kappa shape index (κ2) is 6.76. The molecule has 0 aliphatic carbocycles. The maximum Gasteiger partial charge on any atom is 0.174 e. The largest absolute Gasteiger partial charge is 0.497 e. The van der Waals surface area contributed by atoms with Crippen molar-refractivity contribution in [3.05, 3.63) is 60.9 Å². The van der Waals surface area contributed by atoms with Crippen LogP contribution in [0.4, 0.5) is 0 Å². The molecule has 2 aromatic heterocycles. The van der Waals surface area contributed by atoms with Crippen LogP contribution >= 0.6 is 0 Å². The number of methoxy groups -OCH3 is 2. The van der Waals surface area contributed by atoms with Gasteiger partial charge in [0, 0.05) is 23.5 Å². The minimum absolute atomic E-state index is 0.687. The molecular formula is C20H18N4O2. The molecule has 2 aromatic carbocycles. The van der Waals surface area contributed by atoms with E-state index in [-0.39, 0.29) is 0 Å². The highest BCUT2D eigenvalue weighted by Gasteiger charge is 2.16. The quantitative estimate of drug-likeness (QED) is 0.569. The first kappa shape index (κ1) is 16.0. The minimum Gasteiger partial charge on any atom is -0.497 e. The summed E-state index contributed by atoms with van der Waals surface area (Å²) in [7, 11) is 3.31. The fourth-order valence-corrected chi connectivity index (χ4v) is 2.80. The third kappa shape index (κ3) is 2.93. The Morgan fingerprint density at radius 2 is 1.38 bits per heavy atom. The van der Waals surface area contributed by atoms with E-state index >= 15 is 0 Å². The molecule has 4 rings (SSSR count). The standard InChI is InChI=1S/C20H18N4O2/c1-25-15-7-3-13(4-8-15)17-18(14-5-9-16(26-2)10-6-14)24-20(23-17)19-21-11-12-22-19/h3-12H,1-2H3,(H,21,22)(H,23,24). The fraction of sp³-hybridized carbons (Fsp3) is 0.100. The zero-order chi connectivity index (χ0) is 17.9. The summed E-state index contributed by atoms with van der Waals surface area (Å²) in [6.07, 6.45) is 3.48. The fourth-order valence-electron chi connectivity index (χ4n) is 2.80. The summed E-state index contributed by atoms with van der Waals surface area (Å²) in [4.78, 5) is 15.5. The lowest BCUT2D eigenvalue weighted by molar-refractivity contribution is 0.414. The van der Waals surface area contributed by atoms with Crippen LogP contribution in [0.1, 0.15) is 0 Å². The topological polar surface area (TPSA) is 75.8 Å². The van der Waals surface area contributed by atoms with Gasteiger partial charge in [-0.2, -0.15) is 0 Å². The smallest absolute Gasteiger partial charge is 0.174 e. The third-order valence-corrected chi connectivity index (χ3v) is 4.17. The second-order valence-corrected chi connectivity index (χ2v) is 5.70. The number of rotatable bonds is 5. The summed E-state index contributed by atoms with van der Waals surface area (Å²) < 4.78 is 10.5. The number of hydrogen-bond donors (Lipinski definition) is 2. The van der Waals surface area contributed by atoms with Crippen LogP contribution in [0.2, 0.25) is 0 Å². The number of H-pyrrole nitrogens is 2. The Kier molecular flexibility index (Phi) is 4.15. The summed E-state index contributed by atoms with van der Waals surface area (Å²) in [6.45, 7) is 0. The molecule has 0 radical (unpaired) electrons. The molecule has 4 aromatic rings. The molecule has 0 fully saturated rings. The average molecular weight is 346 g/mol. The second-order valence-electron chi connectivity index (χ2n) is 5.70. The van der Waals surface area contributed by atoms with Gasteiger partial charge >= 0.3 is 0 Å². The molecule has 0 atom stereocenters. The van der Waals surface area contributed by atoms with Crippen molar-refractivity contribution < 1.29 is 9.47 Å². The van der Waals surface area contributed by atoms with Gasteiger partial charge in [-0.3, -0.25) is 0 Å². The molecule has 0 saturated carbocycles. The van der Waals surface area contributed by atoms with Gasteiger partial charge in [0.15, 0.2) is 11.6 Å². The summed E-state index contributed by atoms with van der Waals surface area (Å²) >= 11 is 0. The first-order valence-corrected chi connectivity index (χ1v) is 8.17. The Bertz CT molecular complexity index is 922. The van der Waals surface area contributed by atoms with Gasteiger partial charge in [-0.1, -0.05) is 0 Å². The van der Waals surface area contributed by atoms with Crippen molar-refractivity contribution in [3.8, 4) is 45.7 Å². The van der Waals surface area contributed by atoms with Crippen molar-refractivity contribution in [2.45, 2.75) is 0 Å². The molecule has 0 aliphatic heterocycles. The van der Waals surface area contributed by atoms with E-state index in [0.717, 1.165) is 34.0 Å². The predicted molar refractivity (Wildman–Crippen MR) is 100 cm³/mol. The van der Waals surface area contributed by atoms with Crippen LogP contribution in [0.15, 0.2) is 60.9 Å². The van der Waals surface area contributed by atoms with Gasteiger partial charge in [0.2, 0.25) is 0 Å². The molecule has 6 heteroatoms. The Morgan fingerprint density at radius 3 is 1.92 bits per heavy atom. The van der Waals surface area contributed by atoms with E-state index in [2.05, 4.69) is 15.0 Å². The highest BCUT2D eigenvalue weighted by atomic mass is 16.5. The van der Waals surface area contributed by atoms with Crippen LogP contribution in [-0.2, 0) is 0 Å². The number of nitrogens with zero attached hydrogens (tertiary/aromatic N) is 2. The Morgan fingerprint density at radius 1 is 0.769 bits per heavy atom. The normalized spacial score (nSPS) is 10.7. The van der Waals surface area contributed by atoms with Crippen molar-refractivity contribution in [1.29, 1.82) is 0 Å². The van der Waals surface area contributed by atoms with Crippen LogP contribution in [-0.4, -0.2) is 34.2 Å². The van der Waals surface area contributed by atoms with Crippen molar-refractivity contribution in [1.82, 2.24) is 19.9 Å². The van der Waals surface area contributed by atoms with Crippen molar-refractivity contribution in [2.24, 2.45) is 0 Å². The summed E-state index contributed by atoms with van der Waals surface area (Å²) in [5.74, 6) is 3.00.